The summed E-state index contributed by atoms with van der Waals surface area (Å²) in [5.41, 5.74) is 1.90. The van der Waals surface area contributed by atoms with E-state index >= 15 is 0 Å². The van der Waals surface area contributed by atoms with Gasteiger partial charge in [-0.05, 0) is 82.2 Å². The van der Waals surface area contributed by atoms with Crippen molar-refractivity contribution < 1.29 is 23.5 Å². The molecule has 2 fully saturated rings. The highest BCUT2D eigenvalue weighted by atomic mass is 35.5. The molecule has 9 heteroatoms. The first-order chi connectivity index (χ1) is 18.1. The van der Waals surface area contributed by atoms with Crippen molar-refractivity contribution in [2.24, 2.45) is 11.8 Å². The molecule has 0 unspecified atom stereocenters. The van der Waals surface area contributed by atoms with E-state index in [0.29, 0.717) is 53.0 Å². The van der Waals surface area contributed by atoms with Gasteiger partial charge >= 0.3 is 6.09 Å². The number of benzene rings is 1. The summed E-state index contributed by atoms with van der Waals surface area (Å²) in [5.74, 6) is -0.153. The van der Waals surface area contributed by atoms with Gasteiger partial charge in [0.05, 0.1) is 5.02 Å². The molecular formula is C29H37ClFN3O4. The maximum atomic E-state index is 14.6. The number of hydrogen-bond donors (Lipinski definition) is 1. The SMILES string of the molecule is CC(C)(C)OC(=O)N1CCC[C@@H](C(=O)Cc2cc(-c3cc(F)cc(NCC4CCOCC4)c3)c(Cl)cn2)C1. The van der Waals surface area contributed by atoms with E-state index in [9.17, 15) is 14.0 Å². The van der Waals surface area contributed by atoms with Gasteiger partial charge in [-0.3, -0.25) is 9.78 Å². The largest absolute Gasteiger partial charge is 0.444 e. The molecule has 3 heterocycles. The summed E-state index contributed by atoms with van der Waals surface area (Å²) in [4.78, 5) is 31.6. The molecule has 38 heavy (non-hydrogen) atoms. The number of aromatic nitrogens is 1. The maximum absolute atomic E-state index is 14.6. The van der Waals surface area contributed by atoms with Gasteiger partial charge in [-0.1, -0.05) is 11.6 Å². The van der Waals surface area contributed by atoms with Crippen molar-refractivity contribution in [3.63, 3.8) is 0 Å². The van der Waals surface area contributed by atoms with Crippen LogP contribution in [0.2, 0.25) is 5.02 Å². The van der Waals surface area contributed by atoms with Gasteiger partial charge in [0.25, 0.3) is 0 Å². The summed E-state index contributed by atoms with van der Waals surface area (Å²) in [5, 5.41) is 3.74. The lowest BCUT2D eigenvalue weighted by atomic mass is 9.91. The standard InChI is InChI=1S/C29H37ClFN3O4/c1-29(2,3)38-28(36)34-8-4-5-20(18-34)27(35)15-24-14-25(26(30)17-33-24)21-11-22(31)13-23(12-21)32-16-19-6-9-37-10-7-19/h11-14,17,19-20,32H,4-10,15-16,18H2,1-3H3/t20-/m1/s1. The zero-order chi connectivity index (χ0) is 27.3. The Hall–Kier alpha value is -2.71. The fourth-order valence-corrected chi connectivity index (χ4v) is 5.13. The van der Waals surface area contributed by atoms with E-state index < -0.39 is 11.7 Å². The van der Waals surface area contributed by atoms with E-state index in [-0.39, 0.29) is 23.9 Å². The van der Waals surface area contributed by atoms with E-state index in [1.807, 2.05) is 26.8 Å². The molecule has 2 aliphatic heterocycles. The van der Waals surface area contributed by atoms with Crippen molar-refractivity contribution in [1.82, 2.24) is 9.88 Å². The highest BCUT2D eigenvalue weighted by Crippen LogP contribution is 2.32. The van der Waals surface area contributed by atoms with Crippen molar-refractivity contribution in [3.05, 3.63) is 47.0 Å². The fourth-order valence-electron chi connectivity index (χ4n) is 4.91. The number of rotatable bonds is 7. The van der Waals surface area contributed by atoms with Crippen LogP contribution in [0.15, 0.2) is 30.5 Å². The Bertz CT molecular complexity index is 1150. The van der Waals surface area contributed by atoms with E-state index in [0.717, 1.165) is 39.0 Å². The van der Waals surface area contributed by atoms with Gasteiger partial charge in [0.1, 0.15) is 17.2 Å². The number of pyridine rings is 1. The van der Waals surface area contributed by atoms with Crippen LogP contribution in [0.5, 0.6) is 0 Å². The number of ether oxygens (including phenoxy) is 2. The molecule has 0 radical (unpaired) electrons. The lowest BCUT2D eigenvalue weighted by Gasteiger charge is -2.33. The molecule has 206 valence electrons. The van der Waals surface area contributed by atoms with Gasteiger partial charge in [-0.2, -0.15) is 0 Å². The summed E-state index contributed by atoms with van der Waals surface area (Å²) in [6.07, 6.45) is 4.65. The first-order valence-corrected chi connectivity index (χ1v) is 13.7. The number of anilines is 1. The first kappa shape index (κ1) is 28.3. The van der Waals surface area contributed by atoms with E-state index in [1.54, 1.807) is 11.0 Å². The topological polar surface area (TPSA) is 80.8 Å². The quantitative estimate of drug-likeness (QED) is 0.450. The predicted octanol–water partition coefficient (Wildman–Crippen LogP) is 6.14. The Balaban J connectivity index is 1.43. The number of halogens is 2. The molecule has 0 bridgehead atoms. The Morgan fingerprint density at radius 1 is 1.18 bits per heavy atom. The number of Topliss-reactive ketones (excluding diaryl/α,β-unsaturated/α-hetero) is 1. The molecule has 2 saturated heterocycles. The van der Waals surface area contributed by atoms with Crippen molar-refractivity contribution in [3.8, 4) is 11.1 Å². The number of carbonyl (C=O) groups excluding carboxylic acids is 2. The number of nitrogens with one attached hydrogen (secondary N) is 1. The van der Waals surface area contributed by atoms with Gasteiger partial charge in [0, 0.05) is 68.3 Å². The molecule has 0 saturated carbocycles. The summed E-state index contributed by atoms with van der Waals surface area (Å²) >= 11 is 6.46. The monoisotopic (exact) mass is 545 g/mol. The van der Waals surface area contributed by atoms with Crippen LogP contribution in [0.4, 0.5) is 14.9 Å². The number of piperidine rings is 1. The molecule has 1 aromatic heterocycles. The first-order valence-electron chi connectivity index (χ1n) is 13.3. The normalized spacial score (nSPS) is 18.8. The molecule has 2 aliphatic rings. The minimum absolute atomic E-state index is 0.0112. The second-order valence-electron chi connectivity index (χ2n) is 11.2. The summed E-state index contributed by atoms with van der Waals surface area (Å²) in [6, 6.07) is 6.54. The van der Waals surface area contributed by atoms with E-state index in [4.69, 9.17) is 21.1 Å². The Labute approximate surface area is 229 Å². The third kappa shape index (κ3) is 7.90. The molecule has 0 spiro atoms. The van der Waals surface area contributed by atoms with E-state index in [1.165, 1.54) is 18.3 Å². The van der Waals surface area contributed by atoms with Gasteiger partial charge in [0.15, 0.2) is 0 Å². The minimum atomic E-state index is -0.588. The summed E-state index contributed by atoms with van der Waals surface area (Å²) in [7, 11) is 0. The average Bonchev–Trinajstić information content (AvgIpc) is 2.88. The van der Waals surface area contributed by atoms with Crippen molar-refractivity contribution in [2.75, 3.05) is 38.2 Å². The Kier molecular flexibility index (Phi) is 9.26. The van der Waals surface area contributed by atoms with Crippen molar-refractivity contribution >= 4 is 29.2 Å². The Morgan fingerprint density at radius 2 is 1.95 bits per heavy atom. The molecule has 1 atom stereocenters. The maximum Gasteiger partial charge on any atom is 0.410 e. The molecule has 1 N–H and O–H groups in total. The lowest BCUT2D eigenvalue weighted by Crippen LogP contribution is -2.44. The third-order valence-corrected chi connectivity index (χ3v) is 7.24. The molecule has 0 aliphatic carbocycles. The number of amides is 1. The van der Waals surface area contributed by atoms with E-state index in [2.05, 4.69) is 10.3 Å². The van der Waals surface area contributed by atoms with Crippen LogP contribution in [0.25, 0.3) is 11.1 Å². The van der Waals surface area contributed by atoms with Crippen LogP contribution in [0.3, 0.4) is 0 Å². The number of likely N-dealkylation sites (tertiary alicyclic amines) is 1. The second-order valence-corrected chi connectivity index (χ2v) is 11.6. The highest BCUT2D eigenvalue weighted by Gasteiger charge is 2.31. The number of carbonyl (C=O) groups is 2. The molecule has 2 aromatic rings. The van der Waals surface area contributed by atoms with Crippen LogP contribution in [-0.2, 0) is 20.7 Å². The summed E-state index contributed by atoms with van der Waals surface area (Å²) < 4.78 is 25.4. The van der Waals surface area contributed by atoms with Gasteiger partial charge < -0.3 is 19.7 Å². The predicted molar refractivity (Wildman–Crippen MR) is 146 cm³/mol. The zero-order valence-corrected chi connectivity index (χ0v) is 23.2. The van der Waals surface area contributed by atoms with Crippen LogP contribution in [0, 0.1) is 17.7 Å². The molecule has 7 nitrogen and oxygen atoms in total. The summed E-state index contributed by atoms with van der Waals surface area (Å²) in [6.45, 7) is 8.65. The lowest BCUT2D eigenvalue weighted by molar-refractivity contribution is -0.123. The fraction of sp³-hybridized carbons (Fsp3) is 0.552. The van der Waals surface area contributed by atoms with Gasteiger partial charge in [0.2, 0.25) is 0 Å². The van der Waals surface area contributed by atoms with Crippen LogP contribution in [-0.4, -0.2) is 60.2 Å². The average molecular weight is 546 g/mol. The number of nitrogens with zero attached hydrogens (tertiary/aromatic N) is 2. The third-order valence-electron chi connectivity index (χ3n) is 6.94. The second kappa shape index (κ2) is 12.4. The van der Waals surface area contributed by atoms with Crippen LogP contribution in [0.1, 0.15) is 52.1 Å². The van der Waals surface area contributed by atoms with Crippen molar-refractivity contribution in [1.29, 1.82) is 0 Å². The van der Waals surface area contributed by atoms with Gasteiger partial charge in [-0.15, -0.1) is 0 Å². The zero-order valence-electron chi connectivity index (χ0n) is 22.4. The van der Waals surface area contributed by atoms with Crippen LogP contribution >= 0.6 is 11.6 Å². The number of hydrogen-bond acceptors (Lipinski definition) is 6. The molecular weight excluding hydrogens is 509 g/mol. The van der Waals surface area contributed by atoms with Crippen molar-refractivity contribution in [2.45, 2.75) is 58.5 Å². The highest BCUT2D eigenvalue weighted by molar-refractivity contribution is 6.33. The number of ketones is 1. The smallest absolute Gasteiger partial charge is 0.410 e. The molecule has 1 aromatic carbocycles. The Morgan fingerprint density at radius 3 is 2.68 bits per heavy atom. The molecule has 4 rings (SSSR count). The minimum Gasteiger partial charge on any atom is -0.444 e. The van der Waals surface area contributed by atoms with Gasteiger partial charge in [-0.25, -0.2) is 9.18 Å². The molecule has 1 amide bonds. The van der Waals surface area contributed by atoms with Crippen LogP contribution < -0.4 is 5.32 Å².